The van der Waals surface area contributed by atoms with Gasteiger partial charge in [0.25, 0.3) is 0 Å². The Morgan fingerprint density at radius 2 is 2.00 bits per heavy atom. The molecule has 3 heterocycles. The molecule has 0 spiro atoms. The molecule has 0 saturated carbocycles. The van der Waals surface area contributed by atoms with Gasteiger partial charge >= 0.3 is 6.03 Å². The fourth-order valence-corrected chi connectivity index (χ4v) is 5.64. The zero-order chi connectivity index (χ0) is 24.8. The van der Waals surface area contributed by atoms with E-state index in [4.69, 9.17) is 9.15 Å². The number of carbonyl (C=O) groups is 1. The maximum Gasteiger partial charge on any atom is 0.318 e. The minimum Gasteiger partial charge on any atom is -0.467 e. The van der Waals surface area contributed by atoms with Crippen molar-refractivity contribution in [3.05, 3.63) is 71.9 Å². The van der Waals surface area contributed by atoms with Gasteiger partial charge in [-0.25, -0.2) is 18.2 Å². The van der Waals surface area contributed by atoms with E-state index in [0.29, 0.717) is 30.2 Å². The SMILES string of the molecule is CC(C)NC(=O)N(Cc1ccco1)Cc1cnc(S(=O)(=O)Cc2ccccc2)n1C[C@@H]1CCCO1. The van der Waals surface area contributed by atoms with Crippen molar-refractivity contribution in [2.45, 2.75) is 69.4 Å². The summed E-state index contributed by atoms with van der Waals surface area (Å²) in [6.45, 7) is 5.20. The van der Waals surface area contributed by atoms with Gasteiger partial charge in [0.15, 0.2) is 0 Å². The third kappa shape index (κ3) is 6.52. The number of nitrogens with zero attached hydrogens (tertiary/aromatic N) is 3. The minimum atomic E-state index is -3.73. The molecule has 2 aromatic heterocycles. The second-order valence-corrected chi connectivity index (χ2v) is 10.9. The fourth-order valence-electron chi connectivity index (χ4n) is 4.14. The zero-order valence-corrected chi connectivity index (χ0v) is 20.9. The lowest BCUT2D eigenvalue weighted by molar-refractivity contribution is 0.0933. The third-order valence-electron chi connectivity index (χ3n) is 5.77. The summed E-state index contributed by atoms with van der Waals surface area (Å²) in [5.41, 5.74) is 1.31. The van der Waals surface area contributed by atoms with Crippen molar-refractivity contribution in [3.8, 4) is 0 Å². The summed E-state index contributed by atoms with van der Waals surface area (Å²) in [6, 6.07) is 12.3. The Balaban J connectivity index is 1.65. The van der Waals surface area contributed by atoms with Crippen LogP contribution >= 0.6 is 0 Å². The number of amides is 2. The number of hydrogen-bond donors (Lipinski definition) is 1. The molecule has 188 valence electrons. The summed E-state index contributed by atoms with van der Waals surface area (Å²) in [5, 5.41) is 2.91. The number of benzene rings is 1. The third-order valence-corrected chi connectivity index (χ3v) is 7.36. The average Bonchev–Trinajstić information content (AvgIpc) is 3.57. The lowest BCUT2D eigenvalue weighted by atomic mass is 10.2. The van der Waals surface area contributed by atoms with E-state index in [1.807, 2.05) is 32.0 Å². The Bertz CT molecular complexity index is 1200. The molecule has 1 aliphatic rings. The number of sulfone groups is 1. The number of carbonyl (C=O) groups excluding carboxylic acids is 1. The summed E-state index contributed by atoms with van der Waals surface area (Å²) in [5.74, 6) is 0.478. The van der Waals surface area contributed by atoms with Gasteiger partial charge in [-0.2, -0.15) is 0 Å². The summed E-state index contributed by atoms with van der Waals surface area (Å²) < 4.78 is 39.8. The van der Waals surface area contributed by atoms with E-state index >= 15 is 0 Å². The molecule has 4 rings (SSSR count). The van der Waals surface area contributed by atoms with Gasteiger partial charge in [0.05, 0.1) is 49.6 Å². The van der Waals surface area contributed by atoms with Crippen molar-refractivity contribution >= 4 is 15.9 Å². The zero-order valence-electron chi connectivity index (χ0n) is 20.1. The van der Waals surface area contributed by atoms with E-state index in [0.717, 1.165) is 12.8 Å². The van der Waals surface area contributed by atoms with Crippen molar-refractivity contribution < 1.29 is 22.4 Å². The van der Waals surface area contributed by atoms with Crippen LogP contribution in [0.2, 0.25) is 0 Å². The smallest absolute Gasteiger partial charge is 0.318 e. The Morgan fingerprint density at radius 1 is 1.20 bits per heavy atom. The Labute approximate surface area is 206 Å². The van der Waals surface area contributed by atoms with Gasteiger partial charge in [0, 0.05) is 12.6 Å². The first kappa shape index (κ1) is 25.0. The van der Waals surface area contributed by atoms with Crippen LogP contribution in [0.1, 0.15) is 43.7 Å². The molecular formula is C25H32N4O5S. The average molecular weight is 501 g/mol. The highest BCUT2D eigenvalue weighted by Gasteiger charge is 2.28. The summed E-state index contributed by atoms with van der Waals surface area (Å²) in [4.78, 5) is 18.9. The van der Waals surface area contributed by atoms with E-state index < -0.39 is 9.84 Å². The maximum absolute atomic E-state index is 13.4. The van der Waals surface area contributed by atoms with Gasteiger partial charge in [-0.1, -0.05) is 30.3 Å². The van der Waals surface area contributed by atoms with Gasteiger partial charge in [0.1, 0.15) is 5.76 Å². The van der Waals surface area contributed by atoms with Crippen LogP contribution in [0.3, 0.4) is 0 Å². The van der Waals surface area contributed by atoms with E-state index in [-0.39, 0.29) is 42.2 Å². The molecule has 9 nitrogen and oxygen atoms in total. The first-order valence-electron chi connectivity index (χ1n) is 11.8. The van der Waals surface area contributed by atoms with E-state index in [9.17, 15) is 13.2 Å². The molecule has 1 aromatic carbocycles. The van der Waals surface area contributed by atoms with Crippen LogP contribution in [0.25, 0.3) is 0 Å². The van der Waals surface area contributed by atoms with Crippen molar-refractivity contribution in [1.82, 2.24) is 19.8 Å². The van der Waals surface area contributed by atoms with Crippen molar-refractivity contribution in [3.63, 3.8) is 0 Å². The van der Waals surface area contributed by atoms with Crippen LogP contribution in [0.4, 0.5) is 4.79 Å². The van der Waals surface area contributed by atoms with Crippen molar-refractivity contribution in [2.75, 3.05) is 6.61 Å². The molecular weight excluding hydrogens is 468 g/mol. The molecule has 35 heavy (non-hydrogen) atoms. The number of furan rings is 1. The lowest BCUT2D eigenvalue weighted by Gasteiger charge is -2.25. The maximum atomic E-state index is 13.4. The summed E-state index contributed by atoms with van der Waals surface area (Å²) >= 11 is 0. The Morgan fingerprint density at radius 3 is 2.66 bits per heavy atom. The summed E-state index contributed by atoms with van der Waals surface area (Å²) in [7, 11) is -3.73. The van der Waals surface area contributed by atoms with Gasteiger partial charge < -0.3 is 23.9 Å². The highest BCUT2D eigenvalue weighted by atomic mass is 32.2. The molecule has 1 fully saturated rings. The number of imidazole rings is 1. The Hall–Kier alpha value is -3.11. The molecule has 0 radical (unpaired) electrons. The predicted molar refractivity (Wildman–Crippen MR) is 130 cm³/mol. The fraction of sp³-hybridized carbons (Fsp3) is 0.440. The van der Waals surface area contributed by atoms with E-state index in [1.165, 1.54) is 0 Å². The number of rotatable bonds is 10. The lowest BCUT2D eigenvalue weighted by Crippen LogP contribution is -2.42. The second kappa shape index (κ2) is 11.1. The molecule has 0 bridgehead atoms. The molecule has 10 heteroatoms. The standard InChI is InChI=1S/C25H32N4O5S/c1-19(2)27-24(30)28(16-22-10-6-12-33-22)15-21-14-26-25(29(21)17-23-11-7-13-34-23)35(31,32)18-20-8-4-3-5-9-20/h3-6,8-10,12,14,19,23H,7,11,13,15-18H2,1-2H3,(H,27,30)/t23-/m0/s1. The van der Waals surface area contributed by atoms with Crippen molar-refractivity contribution in [2.24, 2.45) is 0 Å². The quantitative estimate of drug-likeness (QED) is 0.454. The minimum absolute atomic E-state index is 0.00549. The monoisotopic (exact) mass is 500 g/mol. The largest absolute Gasteiger partial charge is 0.467 e. The highest BCUT2D eigenvalue weighted by Crippen LogP contribution is 2.23. The number of aromatic nitrogens is 2. The topological polar surface area (TPSA) is 107 Å². The predicted octanol–water partition coefficient (Wildman–Crippen LogP) is 3.75. The highest BCUT2D eigenvalue weighted by molar-refractivity contribution is 7.90. The van der Waals surface area contributed by atoms with E-state index in [2.05, 4.69) is 10.3 Å². The number of ether oxygens (including phenoxy) is 1. The van der Waals surface area contributed by atoms with Gasteiger partial charge in [-0.3, -0.25) is 0 Å². The molecule has 1 saturated heterocycles. The van der Waals surface area contributed by atoms with Gasteiger partial charge in [-0.15, -0.1) is 0 Å². The first-order valence-corrected chi connectivity index (χ1v) is 13.5. The van der Waals surface area contributed by atoms with Crippen LogP contribution in [0, 0.1) is 0 Å². The number of nitrogens with one attached hydrogen (secondary N) is 1. The van der Waals surface area contributed by atoms with Crippen LogP contribution in [0.5, 0.6) is 0 Å². The molecule has 0 aliphatic carbocycles. The normalized spacial score (nSPS) is 16.0. The Kier molecular flexibility index (Phi) is 7.92. The molecule has 1 atom stereocenters. The molecule has 1 N–H and O–H groups in total. The van der Waals surface area contributed by atoms with Crippen LogP contribution in [-0.4, -0.2) is 47.7 Å². The van der Waals surface area contributed by atoms with Gasteiger partial charge in [0.2, 0.25) is 15.0 Å². The van der Waals surface area contributed by atoms with E-state index in [1.54, 1.807) is 46.2 Å². The van der Waals surface area contributed by atoms with Crippen LogP contribution < -0.4 is 5.32 Å². The summed E-state index contributed by atoms with van der Waals surface area (Å²) in [6.07, 6.45) is 4.78. The first-order chi connectivity index (χ1) is 16.8. The van der Waals surface area contributed by atoms with Crippen molar-refractivity contribution in [1.29, 1.82) is 0 Å². The second-order valence-electron chi connectivity index (χ2n) is 9.06. The molecule has 2 amide bonds. The number of hydrogen-bond acceptors (Lipinski definition) is 6. The van der Waals surface area contributed by atoms with Crippen LogP contribution in [0.15, 0.2) is 64.5 Å². The van der Waals surface area contributed by atoms with Gasteiger partial charge in [-0.05, 0) is 44.4 Å². The molecule has 0 unspecified atom stereocenters. The number of urea groups is 1. The molecule has 1 aliphatic heterocycles. The van der Waals surface area contributed by atoms with Crippen LogP contribution in [-0.2, 0) is 40.0 Å². The molecule has 3 aromatic rings.